The number of hydrogen-bond donors (Lipinski definition) is 1. The molecule has 0 saturated carbocycles. The first kappa shape index (κ1) is 11.9. The minimum atomic E-state index is 0.0917. The van der Waals surface area contributed by atoms with E-state index in [1.54, 1.807) is 0 Å². The lowest BCUT2D eigenvalue weighted by atomic mass is 9.96. The molecule has 3 atom stereocenters. The van der Waals surface area contributed by atoms with E-state index in [4.69, 9.17) is 0 Å². The Kier molecular flexibility index (Phi) is 3.85. The molecule has 3 nitrogen and oxygen atoms in total. The van der Waals surface area contributed by atoms with Gasteiger partial charge < -0.3 is 10.2 Å². The second-order valence-electron chi connectivity index (χ2n) is 5.58. The van der Waals surface area contributed by atoms with Crippen LogP contribution in [0, 0.1) is 5.92 Å². The molecule has 2 aliphatic rings. The van der Waals surface area contributed by atoms with Crippen LogP contribution in [0.2, 0.25) is 0 Å². The second kappa shape index (κ2) is 5.17. The quantitative estimate of drug-likeness (QED) is 0.736. The van der Waals surface area contributed by atoms with Crippen LogP contribution in [0.4, 0.5) is 0 Å². The van der Waals surface area contributed by atoms with Crippen molar-refractivity contribution in [1.82, 2.24) is 10.2 Å². The van der Waals surface area contributed by atoms with Crippen molar-refractivity contribution in [3.05, 3.63) is 0 Å². The van der Waals surface area contributed by atoms with Gasteiger partial charge in [-0.15, -0.1) is 0 Å². The van der Waals surface area contributed by atoms with Crippen LogP contribution in [0.1, 0.15) is 46.0 Å². The third-order valence-corrected chi connectivity index (χ3v) is 3.88. The van der Waals surface area contributed by atoms with Gasteiger partial charge in [0.15, 0.2) is 0 Å². The summed E-state index contributed by atoms with van der Waals surface area (Å²) in [6, 6.07) is 0.596. The largest absolute Gasteiger partial charge is 0.341 e. The minimum absolute atomic E-state index is 0.0917. The van der Waals surface area contributed by atoms with E-state index in [-0.39, 0.29) is 6.04 Å². The standard InChI is InChI=1S/C13H24N2O/c1-10-5-4-8-15(9-10)13(16)12-7-3-6-11(2)14-12/h10-12,14H,3-9H2,1-2H3. The summed E-state index contributed by atoms with van der Waals surface area (Å²) in [4.78, 5) is 14.4. The smallest absolute Gasteiger partial charge is 0.239 e. The number of carbonyl (C=O) groups is 1. The predicted octanol–water partition coefficient (Wildman–Crippen LogP) is 1.78. The first-order valence-electron chi connectivity index (χ1n) is 6.71. The monoisotopic (exact) mass is 224 g/mol. The molecular weight excluding hydrogens is 200 g/mol. The van der Waals surface area contributed by atoms with Crippen LogP contribution in [-0.4, -0.2) is 36.0 Å². The van der Waals surface area contributed by atoms with E-state index < -0.39 is 0 Å². The highest BCUT2D eigenvalue weighted by Crippen LogP contribution is 2.19. The molecule has 2 rings (SSSR count). The zero-order chi connectivity index (χ0) is 11.5. The van der Waals surface area contributed by atoms with Gasteiger partial charge in [-0.1, -0.05) is 6.92 Å². The van der Waals surface area contributed by atoms with Crippen molar-refractivity contribution in [3.8, 4) is 0 Å². The Balaban J connectivity index is 1.90. The molecule has 2 fully saturated rings. The number of hydrogen-bond acceptors (Lipinski definition) is 2. The summed E-state index contributed by atoms with van der Waals surface area (Å²) in [6.07, 6.45) is 5.87. The topological polar surface area (TPSA) is 32.3 Å². The van der Waals surface area contributed by atoms with Gasteiger partial charge in [0.2, 0.25) is 5.91 Å². The second-order valence-corrected chi connectivity index (χ2v) is 5.58. The molecule has 0 spiro atoms. The Morgan fingerprint density at radius 2 is 2.00 bits per heavy atom. The van der Waals surface area contributed by atoms with Crippen LogP contribution >= 0.6 is 0 Å². The minimum Gasteiger partial charge on any atom is -0.341 e. The summed E-state index contributed by atoms with van der Waals surface area (Å²) in [7, 11) is 0. The molecule has 2 aliphatic heterocycles. The summed E-state index contributed by atoms with van der Waals surface area (Å²) >= 11 is 0. The highest BCUT2D eigenvalue weighted by atomic mass is 16.2. The lowest BCUT2D eigenvalue weighted by Crippen LogP contribution is -2.53. The summed E-state index contributed by atoms with van der Waals surface area (Å²) < 4.78 is 0. The van der Waals surface area contributed by atoms with Crippen LogP contribution in [-0.2, 0) is 4.79 Å². The van der Waals surface area contributed by atoms with Crippen LogP contribution in [0.3, 0.4) is 0 Å². The number of piperidine rings is 2. The Morgan fingerprint density at radius 3 is 2.69 bits per heavy atom. The zero-order valence-corrected chi connectivity index (χ0v) is 10.5. The first-order valence-corrected chi connectivity index (χ1v) is 6.71. The third kappa shape index (κ3) is 2.76. The number of amides is 1. The van der Waals surface area contributed by atoms with E-state index in [2.05, 4.69) is 24.1 Å². The normalized spacial score (nSPS) is 36.1. The van der Waals surface area contributed by atoms with E-state index in [1.165, 1.54) is 25.7 Å². The maximum absolute atomic E-state index is 12.3. The van der Waals surface area contributed by atoms with E-state index >= 15 is 0 Å². The molecule has 0 bridgehead atoms. The Hall–Kier alpha value is -0.570. The molecule has 92 valence electrons. The van der Waals surface area contributed by atoms with Crippen molar-refractivity contribution in [2.24, 2.45) is 5.92 Å². The van der Waals surface area contributed by atoms with Gasteiger partial charge >= 0.3 is 0 Å². The van der Waals surface area contributed by atoms with Crippen LogP contribution < -0.4 is 5.32 Å². The van der Waals surface area contributed by atoms with Crippen LogP contribution in [0.25, 0.3) is 0 Å². The van der Waals surface area contributed by atoms with Crippen LogP contribution in [0.15, 0.2) is 0 Å². The zero-order valence-electron chi connectivity index (χ0n) is 10.5. The Morgan fingerprint density at radius 1 is 1.19 bits per heavy atom. The molecule has 1 N–H and O–H groups in total. The van der Waals surface area contributed by atoms with Crippen molar-refractivity contribution < 1.29 is 4.79 Å². The van der Waals surface area contributed by atoms with Gasteiger partial charge in [-0.25, -0.2) is 0 Å². The van der Waals surface area contributed by atoms with Gasteiger partial charge in [0, 0.05) is 19.1 Å². The van der Waals surface area contributed by atoms with Gasteiger partial charge in [-0.2, -0.15) is 0 Å². The summed E-state index contributed by atoms with van der Waals surface area (Å²) in [5.41, 5.74) is 0. The number of nitrogens with one attached hydrogen (secondary N) is 1. The van der Waals surface area contributed by atoms with E-state index in [0.29, 0.717) is 17.9 Å². The molecule has 2 saturated heterocycles. The van der Waals surface area contributed by atoms with Crippen LogP contribution in [0.5, 0.6) is 0 Å². The van der Waals surface area contributed by atoms with Gasteiger partial charge in [0.1, 0.15) is 0 Å². The number of carbonyl (C=O) groups excluding carboxylic acids is 1. The van der Waals surface area contributed by atoms with Crippen molar-refractivity contribution >= 4 is 5.91 Å². The van der Waals surface area contributed by atoms with Crippen molar-refractivity contribution in [1.29, 1.82) is 0 Å². The fourth-order valence-electron chi connectivity index (χ4n) is 2.94. The number of nitrogens with zero attached hydrogens (tertiary/aromatic N) is 1. The maximum Gasteiger partial charge on any atom is 0.239 e. The molecule has 2 heterocycles. The van der Waals surface area contributed by atoms with Gasteiger partial charge in [-0.3, -0.25) is 4.79 Å². The molecule has 16 heavy (non-hydrogen) atoms. The van der Waals surface area contributed by atoms with Crippen molar-refractivity contribution in [2.75, 3.05) is 13.1 Å². The Bertz CT molecular complexity index is 230. The predicted molar refractivity (Wildman–Crippen MR) is 65.2 cm³/mol. The number of likely N-dealkylation sites (tertiary alicyclic amines) is 1. The van der Waals surface area contributed by atoms with E-state index in [9.17, 15) is 4.79 Å². The fourth-order valence-corrected chi connectivity index (χ4v) is 2.94. The average molecular weight is 224 g/mol. The van der Waals surface area contributed by atoms with Crippen molar-refractivity contribution in [3.63, 3.8) is 0 Å². The Labute approximate surface area is 98.6 Å². The van der Waals surface area contributed by atoms with Gasteiger partial charge in [0.05, 0.1) is 6.04 Å². The van der Waals surface area contributed by atoms with E-state index in [0.717, 1.165) is 19.5 Å². The summed E-state index contributed by atoms with van der Waals surface area (Å²) in [5.74, 6) is 1.02. The van der Waals surface area contributed by atoms with Gasteiger partial charge in [-0.05, 0) is 44.9 Å². The highest BCUT2D eigenvalue weighted by Gasteiger charge is 2.29. The molecular formula is C13H24N2O. The molecule has 0 aromatic carbocycles. The lowest BCUT2D eigenvalue weighted by Gasteiger charge is -2.36. The summed E-state index contributed by atoms with van der Waals surface area (Å²) in [6.45, 7) is 6.36. The summed E-state index contributed by atoms with van der Waals surface area (Å²) in [5, 5.41) is 3.44. The average Bonchev–Trinajstić information content (AvgIpc) is 2.28. The third-order valence-electron chi connectivity index (χ3n) is 3.88. The highest BCUT2D eigenvalue weighted by molar-refractivity contribution is 5.82. The molecule has 3 heteroatoms. The molecule has 0 radical (unpaired) electrons. The van der Waals surface area contributed by atoms with Gasteiger partial charge in [0.25, 0.3) is 0 Å². The molecule has 0 aromatic heterocycles. The van der Waals surface area contributed by atoms with Crippen molar-refractivity contribution in [2.45, 2.75) is 58.0 Å². The van der Waals surface area contributed by atoms with E-state index in [1.807, 2.05) is 0 Å². The SMILES string of the molecule is CC1CCCN(C(=O)C2CCCC(C)N2)C1. The molecule has 3 unspecified atom stereocenters. The first-order chi connectivity index (χ1) is 7.66. The lowest BCUT2D eigenvalue weighted by molar-refractivity contribution is -0.136. The fraction of sp³-hybridized carbons (Fsp3) is 0.923. The molecule has 0 aliphatic carbocycles. The molecule has 0 aromatic rings. The number of rotatable bonds is 1. The maximum atomic E-state index is 12.3. The molecule has 1 amide bonds.